The van der Waals surface area contributed by atoms with E-state index in [0.717, 1.165) is 67.2 Å². The van der Waals surface area contributed by atoms with E-state index in [-0.39, 0.29) is 0 Å². The number of benzene rings is 2. The summed E-state index contributed by atoms with van der Waals surface area (Å²) in [6.45, 7) is 6.31. The van der Waals surface area contributed by atoms with Gasteiger partial charge in [-0.15, -0.1) is 0 Å². The Labute approximate surface area is 176 Å². The van der Waals surface area contributed by atoms with Gasteiger partial charge in [0.15, 0.2) is 17.3 Å². The molecule has 153 valence electrons. The van der Waals surface area contributed by atoms with Crippen LogP contribution in [0.25, 0.3) is 10.9 Å². The van der Waals surface area contributed by atoms with Crippen molar-refractivity contribution < 1.29 is 9.47 Å². The molecule has 1 aliphatic heterocycles. The Morgan fingerprint density at radius 2 is 1.97 bits per heavy atom. The Morgan fingerprint density at radius 3 is 2.72 bits per heavy atom. The van der Waals surface area contributed by atoms with Gasteiger partial charge in [0.2, 0.25) is 0 Å². The zero-order chi connectivity index (χ0) is 20.2. The molecular weight excluding hydrogens is 388 g/mol. The number of aromatic nitrogens is 2. The molecule has 1 aromatic heterocycles. The van der Waals surface area contributed by atoms with E-state index in [1.807, 2.05) is 30.3 Å². The topological polar surface area (TPSA) is 53.6 Å². The van der Waals surface area contributed by atoms with Gasteiger partial charge in [-0.1, -0.05) is 24.9 Å². The maximum atomic E-state index is 6.09. The molecule has 2 aromatic carbocycles. The molecule has 6 nitrogen and oxygen atoms in total. The molecular formula is C22H26ClN4O2. The predicted octanol–water partition coefficient (Wildman–Crippen LogP) is 4.53. The molecule has 0 spiro atoms. The summed E-state index contributed by atoms with van der Waals surface area (Å²) in [5, 5.41) is 9.42. The predicted molar refractivity (Wildman–Crippen MR) is 118 cm³/mol. The van der Waals surface area contributed by atoms with Crippen molar-refractivity contribution in [2.24, 2.45) is 0 Å². The number of aromatic amines is 1. The smallest absolute Gasteiger partial charge is 0.184 e. The number of halogens is 1. The number of fused-ring (bicyclic) bond motifs is 1. The van der Waals surface area contributed by atoms with Crippen LogP contribution < -0.4 is 19.3 Å². The highest BCUT2D eigenvalue weighted by atomic mass is 35.5. The summed E-state index contributed by atoms with van der Waals surface area (Å²) in [6.07, 6.45) is 2.11. The van der Waals surface area contributed by atoms with Crippen LogP contribution in [0.4, 0.5) is 11.5 Å². The minimum atomic E-state index is 0.677. The highest BCUT2D eigenvalue weighted by molar-refractivity contribution is 6.31. The Bertz CT molecular complexity index is 967. The highest BCUT2D eigenvalue weighted by Crippen LogP contribution is 2.38. The molecule has 29 heavy (non-hydrogen) atoms. The molecule has 0 amide bonds. The molecule has 1 aliphatic rings. The minimum absolute atomic E-state index is 0.677. The number of methoxy groups -OCH3 is 1. The Hall–Kier alpha value is -2.60. The first-order chi connectivity index (χ1) is 14.2. The van der Waals surface area contributed by atoms with Gasteiger partial charge < -0.3 is 19.3 Å². The molecule has 4 rings (SSSR count). The van der Waals surface area contributed by atoms with Crippen LogP contribution in [0.1, 0.15) is 19.8 Å². The average Bonchev–Trinajstić information content (AvgIpc) is 3.17. The van der Waals surface area contributed by atoms with Crippen molar-refractivity contribution in [3.63, 3.8) is 0 Å². The molecule has 1 saturated heterocycles. The number of ether oxygens (including phenoxy) is 2. The minimum Gasteiger partial charge on any atom is -0.491 e. The lowest BCUT2D eigenvalue weighted by atomic mass is 10.2. The molecule has 0 bridgehead atoms. The molecule has 0 aliphatic carbocycles. The first-order valence-corrected chi connectivity index (χ1v) is 10.4. The normalized spacial score (nSPS) is 14.4. The second-order valence-corrected chi connectivity index (χ2v) is 7.57. The van der Waals surface area contributed by atoms with Gasteiger partial charge in [0.05, 0.1) is 24.9 Å². The van der Waals surface area contributed by atoms with Crippen LogP contribution in [0.3, 0.4) is 0 Å². The molecule has 0 atom stereocenters. The second kappa shape index (κ2) is 8.82. The zero-order valence-electron chi connectivity index (χ0n) is 16.9. The number of anilines is 2. The average molecular weight is 414 g/mol. The number of rotatable bonds is 7. The van der Waals surface area contributed by atoms with E-state index in [4.69, 9.17) is 21.1 Å². The van der Waals surface area contributed by atoms with Crippen LogP contribution in [0.2, 0.25) is 5.02 Å². The van der Waals surface area contributed by atoms with Crippen molar-refractivity contribution in [2.45, 2.75) is 19.8 Å². The van der Waals surface area contributed by atoms with Crippen LogP contribution in [0, 0.1) is 6.07 Å². The first kappa shape index (κ1) is 19.7. The van der Waals surface area contributed by atoms with E-state index in [2.05, 4.69) is 33.0 Å². The van der Waals surface area contributed by atoms with E-state index < -0.39 is 0 Å². The summed E-state index contributed by atoms with van der Waals surface area (Å²) in [7, 11) is 1.69. The Balaban J connectivity index is 1.48. The fourth-order valence-corrected chi connectivity index (χ4v) is 3.88. The highest BCUT2D eigenvalue weighted by Gasteiger charge is 2.24. The van der Waals surface area contributed by atoms with Crippen molar-refractivity contribution >= 4 is 34.0 Å². The maximum absolute atomic E-state index is 6.09. The number of unbranched alkanes of at least 4 members (excludes halogenated alkanes) is 1. The summed E-state index contributed by atoms with van der Waals surface area (Å²) < 4.78 is 11.6. The third kappa shape index (κ3) is 4.08. The van der Waals surface area contributed by atoms with Crippen LogP contribution in [-0.2, 0) is 0 Å². The van der Waals surface area contributed by atoms with Crippen molar-refractivity contribution in [3.05, 3.63) is 41.4 Å². The van der Waals surface area contributed by atoms with Gasteiger partial charge >= 0.3 is 0 Å². The Kier molecular flexibility index (Phi) is 6.00. The van der Waals surface area contributed by atoms with Gasteiger partial charge in [0.1, 0.15) is 0 Å². The molecule has 7 heteroatoms. The number of hydrogen-bond acceptors (Lipinski definition) is 5. The summed E-state index contributed by atoms with van der Waals surface area (Å²) in [5.74, 6) is 2.43. The van der Waals surface area contributed by atoms with Crippen LogP contribution in [0.15, 0.2) is 30.3 Å². The molecule has 1 fully saturated rings. The Morgan fingerprint density at radius 1 is 1.17 bits per heavy atom. The number of hydrogen-bond donors (Lipinski definition) is 1. The molecule has 2 heterocycles. The molecule has 0 saturated carbocycles. The monoisotopic (exact) mass is 413 g/mol. The number of nitrogens with one attached hydrogen (secondary N) is 1. The van der Waals surface area contributed by atoms with E-state index in [9.17, 15) is 0 Å². The van der Waals surface area contributed by atoms with E-state index >= 15 is 0 Å². The summed E-state index contributed by atoms with van der Waals surface area (Å²) in [4.78, 5) is 4.64. The van der Waals surface area contributed by atoms with Gasteiger partial charge in [0, 0.05) is 42.7 Å². The van der Waals surface area contributed by atoms with E-state index in [1.165, 1.54) is 0 Å². The third-order valence-electron chi connectivity index (χ3n) is 5.27. The number of piperazine rings is 1. The van der Waals surface area contributed by atoms with Crippen molar-refractivity contribution in [3.8, 4) is 11.5 Å². The lowest BCUT2D eigenvalue weighted by Gasteiger charge is -2.37. The molecule has 1 N–H and O–H groups in total. The lowest BCUT2D eigenvalue weighted by Crippen LogP contribution is -2.46. The van der Waals surface area contributed by atoms with E-state index in [0.29, 0.717) is 17.4 Å². The van der Waals surface area contributed by atoms with Crippen LogP contribution >= 0.6 is 11.6 Å². The fourth-order valence-electron chi connectivity index (χ4n) is 3.70. The quantitative estimate of drug-likeness (QED) is 0.576. The second-order valence-electron chi connectivity index (χ2n) is 7.14. The zero-order valence-corrected chi connectivity index (χ0v) is 17.6. The molecule has 0 unspecified atom stereocenters. The largest absolute Gasteiger partial charge is 0.491 e. The van der Waals surface area contributed by atoms with Gasteiger partial charge in [-0.3, -0.25) is 5.10 Å². The number of H-pyrrole nitrogens is 1. The first-order valence-electron chi connectivity index (χ1n) is 10.1. The SMILES string of the molecule is CCCCOc1[c]ccc(N2CCN(c3n[nH]c4cc(Cl)ccc34)CC2)c1OC. The van der Waals surface area contributed by atoms with Gasteiger partial charge in [-0.2, -0.15) is 5.10 Å². The lowest BCUT2D eigenvalue weighted by molar-refractivity contribution is 0.287. The van der Waals surface area contributed by atoms with Crippen molar-refractivity contribution in [1.29, 1.82) is 0 Å². The van der Waals surface area contributed by atoms with Crippen LogP contribution in [0.5, 0.6) is 11.5 Å². The fraction of sp³-hybridized carbons (Fsp3) is 0.409. The maximum Gasteiger partial charge on any atom is 0.184 e. The van der Waals surface area contributed by atoms with Gasteiger partial charge in [-0.05, 0) is 36.8 Å². The number of nitrogens with zero attached hydrogens (tertiary/aromatic N) is 3. The summed E-state index contributed by atoms with van der Waals surface area (Å²) >= 11 is 6.09. The molecule has 1 radical (unpaired) electrons. The van der Waals surface area contributed by atoms with Crippen LogP contribution in [-0.4, -0.2) is 50.1 Å². The van der Waals surface area contributed by atoms with E-state index in [1.54, 1.807) is 7.11 Å². The van der Waals surface area contributed by atoms with Gasteiger partial charge in [0.25, 0.3) is 0 Å². The standard InChI is InChI=1S/C22H26ClN4O2/c1-3-4-14-29-20-7-5-6-19(21(20)28-2)26-10-12-27(13-11-26)22-17-9-8-16(23)15-18(17)24-25-22/h5-6,8-9,15H,3-4,10-14H2,1-2H3,(H,24,25). The third-order valence-corrected chi connectivity index (χ3v) is 5.50. The van der Waals surface area contributed by atoms with Crippen molar-refractivity contribution in [1.82, 2.24) is 10.2 Å². The summed E-state index contributed by atoms with van der Waals surface area (Å²) in [6, 6.07) is 13.0. The van der Waals surface area contributed by atoms with Gasteiger partial charge in [-0.25, -0.2) is 0 Å². The summed E-state index contributed by atoms with van der Waals surface area (Å²) in [5.41, 5.74) is 2.01. The molecule has 3 aromatic rings. The van der Waals surface area contributed by atoms with Crippen molar-refractivity contribution in [2.75, 3.05) is 49.7 Å².